The fraction of sp³-hybridized carbons (Fsp3) is 0.706. The highest BCUT2D eigenvalue weighted by molar-refractivity contribution is 6.28. The summed E-state index contributed by atoms with van der Waals surface area (Å²) in [6, 6.07) is 0. The Balaban J connectivity index is 1.85. The fourth-order valence-electron chi connectivity index (χ4n) is 3.22. The predicted octanol–water partition coefficient (Wildman–Crippen LogP) is 3.41. The Morgan fingerprint density at radius 3 is 2.50 bits per heavy atom. The molecule has 6 nitrogen and oxygen atoms in total. The van der Waals surface area contributed by atoms with Gasteiger partial charge in [-0.1, -0.05) is 0 Å². The molecule has 1 saturated heterocycles. The lowest BCUT2D eigenvalue weighted by molar-refractivity contribution is 0.0223. The molecule has 7 heteroatoms. The molecule has 1 fully saturated rings. The fourth-order valence-corrected chi connectivity index (χ4v) is 3.40. The number of hydrogen-bond acceptors (Lipinski definition) is 5. The van der Waals surface area contributed by atoms with Crippen LogP contribution in [0.1, 0.15) is 51.3 Å². The van der Waals surface area contributed by atoms with Crippen molar-refractivity contribution in [3.63, 3.8) is 0 Å². The maximum absolute atomic E-state index is 12.4. The summed E-state index contributed by atoms with van der Waals surface area (Å²) in [6.07, 6.45) is 3.96. The van der Waals surface area contributed by atoms with Gasteiger partial charge in [0.1, 0.15) is 11.4 Å². The van der Waals surface area contributed by atoms with Gasteiger partial charge in [0.25, 0.3) is 0 Å². The van der Waals surface area contributed by atoms with Crippen molar-refractivity contribution in [1.29, 1.82) is 0 Å². The number of aromatic nitrogens is 2. The van der Waals surface area contributed by atoms with E-state index in [1.54, 1.807) is 4.90 Å². The molecule has 0 N–H and O–H groups in total. The molecule has 1 amide bonds. The Morgan fingerprint density at radius 2 is 1.83 bits per heavy atom. The van der Waals surface area contributed by atoms with E-state index in [1.807, 2.05) is 20.8 Å². The van der Waals surface area contributed by atoms with Gasteiger partial charge in [-0.25, -0.2) is 14.8 Å². The van der Waals surface area contributed by atoms with Crippen LogP contribution in [0.3, 0.4) is 0 Å². The quantitative estimate of drug-likeness (QED) is 0.725. The summed E-state index contributed by atoms with van der Waals surface area (Å²) in [5.41, 5.74) is 1.47. The maximum Gasteiger partial charge on any atom is 0.410 e. The standard InChI is InChI=1S/C17H25ClN4O2/c1-17(2,3)24-16(23)22-10-7-13-12(11-22)14(20-15(18)19-13)21-8-5-4-6-9-21/h4-11H2,1-3H3. The molecular formula is C17H25ClN4O2. The van der Waals surface area contributed by atoms with E-state index in [2.05, 4.69) is 14.9 Å². The normalized spacial score (nSPS) is 18.3. The number of halogens is 1. The van der Waals surface area contributed by atoms with Crippen LogP contribution in [0.15, 0.2) is 0 Å². The van der Waals surface area contributed by atoms with Crippen LogP contribution in [0.4, 0.5) is 10.6 Å². The van der Waals surface area contributed by atoms with E-state index in [9.17, 15) is 4.79 Å². The molecule has 24 heavy (non-hydrogen) atoms. The topological polar surface area (TPSA) is 58.6 Å². The zero-order valence-corrected chi connectivity index (χ0v) is 15.4. The molecule has 3 heterocycles. The Labute approximate surface area is 148 Å². The predicted molar refractivity (Wildman–Crippen MR) is 93.5 cm³/mol. The molecule has 0 saturated carbocycles. The summed E-state index contributed by atoms with van der Waals surface area (Å²) in [5.74, 6) is 0.887. The third-order valence-electron chi connectivity index (χ3n) is 4.32. The molecule has 0 unspecified atom stereocenters. The first-order chi connectivity index (χ1) is 11.3. The molecule has 1 aromatic heterocycles. The highest BCUT2D eigenvalue weighted by atomic mass is 35.5. The first-order valence-corrected chi connectivity index (χ1v) is 8.99. The molecule has 0 radical (unpaired) electrons. The minimum absolute atomic E-state index is 0.285. The Kier molecular flexibility index (Phi) is 4.85. The number of carbonyl (C=O) groups excluding carboxylic acids is 1. The van der Waals surface area contributed by atoms with Crippen LogP contribution in [0.5, 0.6) is 0 Å². The molecular weight excluding hydrogens is 328 g/mol. The van der Waals surface area contributed by atoms with Crippen molar-refractivity contribution in [1.82, 2.24) is 14.9 Å². The average molecular weight is 353 g/mol. The van der Waals surface area contributed by atoms with E-state index in [0.29, 0.717) is 24.8 Å². The molecule has 0 atom stereocenters. The van der Waals surface area contributed by atoms with E-state index in [-0.39, 0.29) is 6.09 Å². The molecule has 2 aliphatic heterocycles. The van der Waals surface area contributed by atoms with Crippen LogP contribution in [0.2, 0.25) is 5.28 Å². The van der Waals surface area contributed by atoms with Crippen LogP contribution in [-0.4, -0.2) is 46.2 Å². The number of piperidine rings is 1. The first kappa shape index (κ1) is 17.3. The SMILES string of the molecule is CC(C)(C)OC(=O)N1CCc2nc(Cl)nc(N3CCCCC3)c2C1. The van der Waals surface area contributed by atoms with Gasteiger partial charge < -0.3 is 14.5 Å². The van der Waals surface area contributed by atoms with Gasteiger partial charge in [0.05, 0.1) is 12.2 Å². The number of carbonyl (C=O) groups is 1. The molecule has 0 bridgehead atoms. The molecule has 1 aromatic rings. The van der Waals surface area contributed by atoms with Gasteiger partial charge in [0.2, 0.25) is 5.28 Å². The monoisotopic (exact) mass is 352 g/mol. The van der Waals surface area contributed by atoms with Crippen molar-refractivity contribution in [2.45, 2.75) is 58.6 Å². The zero-order valence-electron chi connectivity index (χ0n) is 14.6. The van der Waals surface area contributed by atoms with Gasteiger partial charge >= 0.3 is 6.09 Å². The third kappa shape index (κ3) is 3.91. The first-order valence-electron chi connectivity index (χ1n) is 8.62. The summed E-state index contributed by atoms with van der Waals surface area (Å²) < 4.78 is 5.51. The lowest BCUT2D eigenvalue weighted by atomic mass is 10.0. The van der Waals surface area contributed by atoms with Gasteiger partial charge in [0.15, 0.2) is 0 Å². The molecule has 3 rings (SSSR count). The highest BCUT2D eigenvalue weighted by Crippen LogP contribution is 2.30. The summed E-state index contributed by atoms with van der Waals surface area (Å²) in [6.45, 7) is 8.67. The Hall–Kier alpha value is -1.56. The van der Waals surface area contributed by atoms with Gasteiger partial charge in [0, 0.05) is 31.6 Å². The van der Waals surface area contributed by atoms with Crippen LogP contribution in [0, 0.1) is 0 Å². The number of amides is 1. The summed E-state index contributed by atoms with van der Waals surface area (Å²) in [4.78, 5) is 25.3. The third-order valence-corrected chi connectivity index (χ3v) is 4.49. The Morgan fingerprint density at radius 1 is 1.12 bits per heavy atom. The smallest absolute Gasteiger partial charge is 0.410 e. The van der Waals surface area contributed by atoms with Crippen molar-refractivity contribution in [3.05, 3.63) is 16.5 Å². The molecule has 2 aliphatic rings. The van der Waals surface area contributed by atoms with Gasteiger partial charge in [-0.3, -0.25) is 0 Å². The number of hydrogen-bond donors (Lipinski definition) is 0. The second kappa shape index (κ2) is 6.75. The minimum atomic E-state index is -0.496. The lowest BCUT2D eigenvalue weighted by Gasteiger charge is -2.35. The van der Waals surface area contributed by atoms with Gasteiger partial charge in [-0.05, 0) is 51.6 Å². The van der Waals surface area contributed by atoms with Crippen molar-refractivity contribution in [2.75, 3.05) is 24.5 Å². The van der Waals surface area contributed by atoms with Crippen LogP contribution < -0.4 is 4.90 Å². The number of nitrogens with zero attached hydrogens (tertiary/aromatic N) is 4. The van der Waals surface area contributed by atoms with E-state index in [4.69, 9.17) is 16.3 Å². The van der Waals surface area contributed by atoms with Crippen molar-refractivity contribution in [2.24, 2.45) is 0 Å². The van der Waals surface area contributed by atoms with Crippen molar-refractivity contribution >= 4 is 23.5 Å². The van der Waals surface area contributed by atoms with Gasteiger partial charge in [-0.2, -0.15) is 0 Å². The van der Waals surface area contributed by atoms with Crippen LogP contribution in [-0.2, 0) is 17.7 Å². The highest BCUT2D eigenvalue weighted by Gasteiger charge is 2.30. The average Bonchev–Trinajstić information content (AvgIpc) is 2.53. The number of ether oxygens (including phenoxy) is 1. The second-order valence-electron chi connectivity index (χ2n) is 7.44. The molecule has 0 spiro atoms. The van der Waals surface area contributed by atoms with Crippen LogP contribution >= 0.6 is 11.6 Å². The van der Waals surface area contributed by atoms with E-state index < -0.39 is 5.60 Å². The summed E-state index contributed by atoms with van der Waals surface area (Å²) in [7, 11) is 0. The van der Waals surface area contributed by atoms with E-state index in [1.165, 1.54) is 6.42 Å². The zero-order chi connectivity index (χ0) is 17.3. The second-order valence-corrected chi connectivity index (χ2v) is 7.78. The molecule has 0 aliphatic carbocycles. The van der Waals surface area contributed by atoms with E-state index in [0.717, 1.165) is 43.0 Å². The van der Waals surface area contributed by atoms with Gasteiger partial charge in [-0.15, -0.1) is 0 Å². The lowest BCUT2D eigenvalue weighted by Crippen LogP contribution is -2.41. The Bertz CT molecular complexity index is 624. The largest absolute Gasteiger partial charge is 0.444 e. The maximum atomic E-state index is 12.4. The minimum Gasteiger partial charge on any atom is -0.444 e. The molecule has 0 aromatic carbocycles. The van der Waals surface area contributed by atoms with Crippen molar-refractivity contribution < 1.29 is 9.53 Å². The number of anilines is 1. The summed E-state index contributed by atoms with van der Waals surface area (Å²) in [5, 5.41) is 0.292. The van der Waals surface area contributed by atoms with E-state index >= 15 is 0 Å². The number of fused-ring (bicyclic) bond motifs is 1. The van der Waals surface area contributed by atoms with Crippen LogP contribution in [0.25, 0.3) is 0 Å². The molecule has 132 valence electrons. The summed E-state index contributed by atoms with van der Waals surface area (Å²) >= 11 is 6.13. The van der Waals surface area contributed by atoms with Crippen molar-refractivity contribution in [3.8, 4) is 0 Å². The number of rotatable bonds is 1.